The number of carbonyl (C=O) groups is 1. The molecule has 0 atom stereocenters. The van der Waals surface area contributed by atoms with Gasteiger partial charge >= 0.3 is 0 Å². The van der Waals surface area contributed by atoms with E-state index in [0.717, 1.165) is 10.8 Å². The highest BCUT2D eigenvalue weighted by molar-refractivity contribution is 9.10. The lowest BCUT2D eigenvalue weighted by molar-refractivity contribution is 0.112. The van der Waals surface area contributed by atoms with Crippen molar-refractivity contribution in [3.63, 3.8) is 0 Å². The van der Waals surface area contributed by atoms with E-state index in [1.165, 1.54) is 0 Å². The van der Waals surface area contributed by atoms with Crippen molar-refractivity contribution in [2.45, 2.75) is 0 Å². The first-order chi connectivity index (χ1) is 7.81. The summed E-state index contributed by atoms with van der Waals surface area (Å²) in [6.45, 7) is 0. The number of carbonyl (C=O) groups excluding carboxylic acids is 1. The first kappa shape index (κ1) is 10.9. The Morgan fingerprint density at radius 2 is 1.56 bits per heavy atom. The summed E-state index contributed by atoms with van der Waals surface area (Å²) in [7, 11) is 0. The molecule has 2 aromatic carbocycles. The summed E-state index contributed by atoms with van der Waals surface area (Å²) >= 11 is 3.39. The fourth-order valence-corrected chi connectivity index (χ4v) is 1.68. The second-order valence-electron chi connectivity index (χ2n) is 3.19. The van der Waals surface area contributed by atoms with Gasteiger partial charge in [0.25, 0.3) is 0 Å². The van der Waals surface area contributed by atoms with E-state index in [-0.39, 0.29) is 0 Å². The van der Waals surface area contributed by atoms with Crippen LogP contribution in [-0.4, -0.2) is 6.29 Å². The maximum absolute atomic E-state index is 10.8. The van der Waals surface area contributed by atoms with Gasteiger partial charge in [-0.2, -0.15) is 0 Å². The molecule has 80 valence electrons. The molecule has 0 saturated heterocycles. The van der Waals surface area contributed by atoms with Crippen LogP contribution in [0.4, 0.5) is 0 Å². The molecule has 0 bridgehead atoms. The van der Waals surface area contributed by atoms with Gasteiger partial charge in [-0.25, -0.2) is 0 Å². The lowest BCUT2D eigenvalue weighted by atomic mass is 10.2. The number of para-hydroxylation sites is 2. The predicted octanol–water partition coefficient (Wildman–Crippen LogP) is 4.05. The van der Waals surface area contributed by atoms with E-state index in [9.17, 15) is 4.79 Å². The van der Waals surface area contributed by atoms with Gasteiger partial charge in [-0.1, -0.05) is 24.3 Å². The molecule has 2 rings (SSSR count). The van der Waals surface area contributed by atoms with Crippen LogP contribution < -0.4 is 4.74 Å². The third kappa shape index (κ3) is 2.31. The lowest BCUT2D eigenvalue weighted by Gasteiger charge is -2.08. The molecule has 3 heteroatoms. The molecule has 0 radical (unpaired) electrons. The molecule has 0 amide bonds. The van der Waals surface area contributed by atoms with Gasteiger partial charge in [0.15, 0.2) is 6.29 Å². The molecule has 0 aliphatic heterocycles. The summed E-state index contributed by atoms with van der Waals surface area (Å²) in [6, 6.07) is 14.6. The zero-order chi connectivity index (χ0) is 11.4. The van der Waals surface area contributed by atoms with Crippen molar-refractivity contribution >= 4 is 22.2 Å². The second-order valence-corrected chi connectivity index (χ2v) is 4.04. The van der Waals surface area contributed by atoms with E-state index in [1.54, 1.807) is 18.2 Å². The van der Waals surface area contributed by atoms with E-state index in [1.807, 2.05) is 30.3 Å². The predicted molar refractivity (Wildman–Crippen MR) is 66.0 cm³/mol. The zero-order valence-corrected chi connectivity index (χ0v) is 9.98. The molecule has 0 fully saturated rings. The van der Waals surface area contributed by atoms with Crippen LogP contribution in [0.5, 0.6) is 11.5 Å². The third-order valence-corrected chi connectivity index (χ3v) is 2.76. The smallest absolute Gasteiger partial charge is 0.153 e. The molecule has 0 saturated carbocycles. The molecule has 0 unspecified atom stereocenters. The minimum absolute atomic E-state index is 0.540. The fraction of sp³-hybridized carbons (Fsp3) is 0. The summed E-state index contributed by atoms with van der Waals surface area (Å²) in [5, 5.41) is 0. The molecule has 0 heterocycles. The van der Waals surface area contributed by atoms with Gasteiger partial charge in [0.05, 0.1) is 10.0 Å². The van der Waals surface area contributed by atoms with Crippen LogP contribution in [0, 0.1) is 0 Å². The summed E-state index contributed by atoms with van der Waals surface area (Å²) < 4.78 is 6.51. The molecule has 0 N–H and O–H groups in total. The summed E-state index contributed by atoms with van der Waals surface area (Å²) in [5.41, 5.74) is 0.540. The Morgan fingerprint density at radius 3 is 2.25 bits per heavy atom. The van der Waals surface area contributed by atoms with Crippen molar-refractivity contribution in [1.29, 1.82) is 0 Å². The highest BCUT2D eigenvalue weighted by Gasteiger charge is 2.05. The largest absolute Gasteiger partial charge is 0.455 e. The van der Waals surface area contributed by atoms with Crippen LogP contribution in [0.15, 0.2) is 53.0 Å². The highest BCUT2D eigenvalue weighted by atomic mass is 79.9. The van der Waals surface area contributed by atoms with Crippen molar-refractivity contribution in [1.82, 2.24) is 0 Å². The van der Waals surface area contributed by atoms with Crippen LogP contribution in [0.3, 0.4) is 0 Å². The standard InChI is InChI=1S/C13H9BrO2/c14-11-6-2-4-8-13(11)16-12-7-3-1-5-10(12)9-15/h1-9H. The van der Waals surface area contributed by atoms with Gasteiger partial charge < -0.3 is 4.74 Å². The van der Waals surface area contributed by atoms with Crippen molar-refractivity contribution in [2.24, 2.45) is 0 Å². The Morgan fingerprint density at radius 1 is 0.938 bits per heavy atom. The maximum Gasteiger partial charge on any atom is 0.153 e. The number of halogens is 1. The Labute approximate surface area is 102 Å². The summed E-state index contributed by atoms with van der Waals surface area (Å²) in [5.74, 6) is 1.25. The molecule has 0 aliphatic carbocycles. The summed E-state index contributed by atoms with van der Waals surface area (Å²) in [6.07, 6.45) is 0.784. The van der Waals surface area contributed by atoms with Gasteiger partial charge in [-0.05, 0) is 40.2 Å². The van der Waals surface area contributed by atoms with Gasteiger partial charge in [-0.3, -0.25) is 4.79 Å². The molecule has 16 heavy (non-hydrogen) atoms. The molecule has 0 aromatic heterocycles. The van der Waals surface area contributed by atoms with Gasteiger partial charge in [0, 0.05) is 0 Å². The minimum atomic E-state index is 0.540. The number of hydrogen-bond acceptors (Lipinski definition) is 2. The second kappa shape index (κ2) is 4.94. The molecule has 0 spiro atoms. The van der Waals surface area contributed by atoms with Crippen LogP contribution in [-0.2, 0) is 0 Å². The molecule has 0 aliphatic rings. The average Bonchev–Trinajstić information content (AvgIpc) is 2.33. The molecule has 2 nitrogen and oxygen atoms in total. The van der Waals surface area contributed by atoms with Gasteiger partial charge in [-0.15, -0.1) is 0 Å². The normalized spacial score (nSPS) is 9.81. The zero-order valence-electron chi connectivity index (χ0n) is 8.39. The van der Waals surface area contributed by atoms with Crippen molar-refractivity contribution in [2.75, 3.05) is 0 Å². The van der Waals surface area contributed by atoms with Gasteiger partial charge in [0.2, 0.25) is 0 Å². The van der Waals surface area contributed by atoms with Crippen LogP contribution >= 0.6 is 15.9 Å². The van der Waals surface area contributed by atoms with E-state index < -0.39 is 0 Å². The number of aldehydes is 1. The Hall–Kier alpha value is -1.61. The van der Waals surface area contributed by atoms with E-state index >= 15 is 0 Å². The Kier molecular flexibility index (Phi) is 3.37. The summed E-state index contributed by atoms with van der Waals surface area (Å²) in [4.78, 5) is 10.8. The molecular formula is C13H9BrO2. The Balaban J connectivity index is 2.34. The van der Waals surface area contributed by atoms with E-state index in [2.05, 4.69) is 15.9 Å². The topological polar surface area (TPSA) is 26.3 Å². The first-order valence-electron chi connectivity index (χ1n) is 4.78. The number of rotatable bonds is 3. The quantitative estimate of drug-likeness (QED) is 0.791. The number of benzene rings is 2. The third-order valence-electron chi connectivity index (χ3n) is 2.10. The van der Waals surface area contributed by atoms with E-state index in [4.69, 9.17) is 4.74 Å². The average molecular weight is 277 g/mol. The van der Waals surface area contributed by atoms with Crippen LogP contribution in [0.25, 0.3) is 0 Å². The fourth-order valence-electron chi connectivity index (χ4n) is 1.32. The monoisotopic (exact) mass is 276 g/mol. The molecular weight excluding hydrogens is 268 g/mol. The van der Waals surface area contributed by atoms with Crippen molar-refractivity contribution in [3.05, 3.63) is 58.6 Å². The SMILES string of the molecule is O=Cc1ccccc1Oc1ccccc1Br. The van der Waals surface area contributed by atoms with Crippen LogP contribution in [0.2, 0.25) is 0 Å². The van der Waals surface area contributed by atoms with Crippen LogP contribution in [0.1, 0.15) is 10.4 Å². The van der Waals surface area contributed by atoms with Gasteiger partial charge in [0.1, 0.15) is 11.5 Å². The number of hydrogen-bond donors (Lipinski definition) is 0. The van der Waals surface area contributed by atoms with Crippen molar-refractivity contribution in [3.8, 4) is 11.5 Å². The van der Waals surface area contributed by atoms with E-state index in [0.29, 0.717) is 17.1 Å². The first-order valence-corrected chi connectivity index (χ1v) is 5.57. The Bertz CT molecular complexity index is 509. The molecule has 2 aromatic rings. The highest BCUT2D eigenvalue weighted by Crippen LogP contribution is 2.30. The maximum atomic E-state index is 10.8. The minimum Gasteiger partial charge on any atom is -0.455 e. The number of ether oxygens (including phenoxy) is 1. The van der Waals surface area contributed by atoms with Crippen molar-refractivity contribution < 1.29 is 9.53 Å². The lowest BCUT2D eigenvalue weighted by Crippen LogP contribution is -1.90.